The van der Waals surface area contributed by atoms with Crippen LogP contribution < -0.4 is 4.74 Å². The lowest BCUT2D eigenvalue weighted by atomic mass is 9.82. The van der Waals surface area contributed by atoms with Crippen LogP contribution in [0.15, 0.2) is 17.7 Å². The number of carboxylic acid groups (broad SMARTS) is 1. The van der Waals surface area contributed by atoms with Crippen LogP contribution >= 0.6 is 0 Å². The summed E-state index contributed by atoms with van der Waals surface area (Å²) >= 11 is 0. The number of aliphatic carboxylic acids is 1. The van der Waals surface area contributed by atoms with Gasteiger partial charge in [-0.1, -0.05) is 68.4 Å². The van der Waals surface area contributed by atoms with Gasteiger partial charge in [0, 0.05) is 5.56 Å². The van der Waals surface area contributed by atoms with Crippen molar-refractivity contribution < 1.29 is 27.8 Å². The summed E-state index contributed by atoms with van der Waals surface area (Å²) in [5, 5.41) is 9.16. The molecule has 0 aromatic heterocycles. The third-order valence-electron chi connectivity index (χ3n) is 4.01. The molecule has 1 heterocycles. The molecule has 2 rings (SSSR count). The summed E-state index contributed by atoms with van der Waals surface area (Å²) in [5.74, 6) is -1.57. The number of hydrogen-bond donors (Lipinski definition) is 1. The highest BCUT2D eigenvalue weighted by Crippen LogP contribution is 2.43. The fourth-order valence-corrected chi connectivity index (χ4v) is 2.62. The van der Waals surface area contributed by atoms with Gasteiger partial charge in [0.25, 0.3) is 0 Å². The molecule has 0 bridgehead atoms. The number of fused-ring (bicyclic) bond motifs is 1. The van der Waals surface area contributed by atoms with Crippen LogP contribution in [0.4, 0.5) is 13.2 Å². The van der Waals surface area contributed by atoms with Crippen LogP contribution in [0.1, 0.15) is 84.9 Å². The number of ether oxygens (including phenoxy) is 1. The van der Waals surface area contributed by atoms with Crippen LogP contribution in [0.25, 0.3) is 6.08 Å². The zero-order valence-electron chi connectivity index (χ0n) is 18.3. The number of rotatable bonds is 2. The first-order valence-corrected chi connectivity index (χ1v) is 9.69. The Morgan fingerprint density at radius 3 is 1.93 bits per heavy atom. The third kappa shape index (κ3) is 6.01. The number of hydrogen-bond acceptors (Lipinski definition) is 2. The van der Waals surface area contributed by atoms with Crippen molar-refractivity contribution in [1.82, 2.24) is 0 Å². The molecule has 0 radical (unpaired) electrons. The molecule has 1 aromatic carbocycles. The number of halogens is 3. The molecule has 0 fully saturated rings. The zero-order valence-corrected chi connectivity index (χ0v) is 18.3. The maximum atomic E-state index is 13.2. The maximum absolute atomic E-state index is 13.2. The average molecular weight is 402 g/mol. The van der Waals surface area contributed by atoms with E-state index in [1.807, 2.05) is 68.4 Å². The Morgan fingerprint density at radius 1 is 1.07 bits per heavy atom. The van der Waals surface area contributed by atoms with E-state index in [0.29, 0.717) is 11.1 Å². The Hall–Kier alpha value is -1.98. The van der Waals surface area contributed by atoms with E-state index in [1.54, 1.807) is 6.07 Å². The van der Waals surface area contributed by atoms with Crippen LogP contribution in [0.3, 0.4) is 0 Å². The van der Waals surface area contributed by atoms with Gasteiger partial charge in [0.2, 0.25) is 6.10 Å². The zero-order chi connectivity index (χ0) is 22.4. The molecule has 1 N–H and O–H groups in total. The predicted molar refractivity (Wildman–Crippen MR) is 108 cm³/mol. The Morgan fingerprint density at radius 2 is 1.57 bits per heavy atom. The summed E-state index contributed by atoms with van der Waals surface area (Å²) < 4.78 is 44.8. The first-order chi connectivity index (χ1) is 12.8. The minimum absolute atomic E-state index is 0.0605. The third-order valence-corrected chi connectivity index (χ3v) is 4.01. The summed E-state index contributed by atoms with van der Waals surface area (Å²) in [4.78, 5) is 11.3. The summed E-state index contributed by atoms with van der Waals surface area (Å²) in [6, 6.07) is 3.55. The standard InChI is InChI=1S/C18H21F3O3.2C2H6/c1-9(2)12-8-11(17(3,4)5)6-10-7-13(16(22)23)15(18(19,20)21)24-14(10)12;2*1-2/h6-9,15H,1-5H3,(H,22,23);2*1-2H3. The Kier molecular flexibility index (Phi) is 9.28. The lowest BCUT2D eigenvalue weighted by Gasteiger charge is -2.31. The van der Waals surface area contributed by atoms with E-state index >= 15 is 0 Å². The molecule has 0 amide bonds. The summed E-state index contributed by atoms with van der Waals surface area (Å²) in [6.45, 7) is 17.7. The summed E-state index contributed by atoms with van der Waals surface area (Å²) in [7, 11) is 0. The quantitative estimate of drug-likeness (QED) is 0.582. The molecule has 1 atom stereocenters. The molecule has 1 aromatic rings. The van der Waals surface area contributed by atoms with Gasteiger partial charge in [0.1, 0.15) is 5.75 Å². The minimum atomic E-state index is -4.79. The van der Waals surface area contributed by atoms with Crippen LogP contribution in [0.5, 0.6) is 5.75 Å². The molecule has 0 spiro atoms. The van der Waals surface area contributed by atoms with Crippen molar-refractivity contribution in [2.75, 3.05) is 0 Å². The normalized spacial score (nSPS) is 15.9. The molecule has 28 heavy (non-hydrogen) atoms. The Labute approximate surface area is 166 Å². The molecular weight excluding hydrogens is 369 g/mol. The fraction of sp³-hybridized carbons (Fsp3) is 0.591. The molecule has 1 aliphatic heterocycles. The van der Waals surface area contributed by atoms with Gasteiger partial charge < -0.3 is 9.84 Å². The molecule has 0 saturated heterocycles. The van der Waals surface area contributed by atoms with Crippen molar-refractivity contribution >= 4 is 12.0 Å². The lowest BCUT2D eigenvalue weighted by molar-refractivity contribution is -0.187. The monoisotopic (exact) mass is 402 g/mol. The van der Waals surface area contributed by atoms with Crippen LogP contribution in [0, 0.1) is 0 Å². The van der Waals surface area contributed by atoms with E-state index in [2.05, 4.69) is 0 Å². The lowest BCUT2D eigenvalue weighted by Crippen LogP contribution is -2.40. The molecule has 1 aliphatic rings. The SMILES string of the molecule is CC.CC.CC(C)c1cc(C(C)(C)C)cc2c1OC(C(F)(F)F)C(C(=O)O)=C2. The molecule has 0 aliphatic carbocycles. The number of carboxylic acids is 1. The van der Waals surface area contributed by atoms with Crippen LogP contribution in [-0.2, 0) is 10.2 Å². The van der Waals surface area contributed by atoms with Crippen LogP contribution in [0.2, 0.25) is 0 Å². The second kappa shape index (κ2) is 9.99. The van der Waals surface area contributed by atoms with E-state index in [1.165, 1.54) is 0 Å². The second-order valence-electron chi connectivity index (χ2n) is 7.33. The van der Waals surface area contributed by atoms with Gasteiger partial charge in [-0.05, 0) is 34.6 Å². The van der Waals surface area contributed by atoms with Crippen molar-refractivity contribution in [2.24, 2.45) is 0 Å². The van der Waals surface area contributed by atoms with E-state index in [4.69, 9.17) is 9.84 Å². The highest BCUT2D eigenvalue weighted by Gasteiger charge is 2.49. The molecule has 6 heteroatoms. The Bertz CT molecular complexity index is 696. The topological polar surface area (TPSA) is 46.5 Å². The molecule has 1 unspecified atom stereocenters. The minimum Gasteiger partial charge on any atom is -0.478 e. The van der Waals surface area contributed by atoms with Gasteiger partial charge in [-0.3, -0.25) is 0 Å². The van der Waals surface area contributed by atoms with Gasteiger partial charge in [0.15, 0.2) is 0 Å². The highest BCUT2D eigenvalue weighted by molar-refractivity contribution is 5.95. The van der Waals surface area contributed by atoms with Crippen LogP contribution in [-0.4, -0.2) is 23.4 Å². The van der Waals surface area contributed by atoms with E-state index in [9.17, 15) is 18.0 Å². The van der Waals surface area contributed by atoms with Gasteiger partial charge >= 0.3 is 12.1 Å². The number of benzene rings is 1. The molecular formula is C22H33F3O3. The number of carbonyl (C=O) groups is 1. The molecule has 3 nitrogen and oxygen atoms in total. The van der Waals surface area contributed by atoms with Crippen molar-refractivity contribution in [3.05, 3.63) is 34.4 Å². The van der Waals surface area contributed by atoms with E-state index in [0.717, 1.165) is 11.6 Å². The Balaban J connectivity index is 0.00000171. The smallest absolute Gasteiger partial charge is 0.430 e. The first kappa shape index (κ1) is 26.0. The predicted octanol–water partition coefficient (Wildman–Crippen LogP) is 6.95. The van der Waals surface area contributed by atoms with Gasteiger partial charge in [-0.25, -0.2) is 4.79 Å². The van der Waals surface area contributed by atoms with Gasteiger partial charge in [-0.2, -0.15) is 13.2 Å². The van der Waals surface area contributed by atoms with Crippen molar-refractivity contribution in [2.45, 2.75) is 85.9 Å². The highest BCUT2D eigenvalue weighted by atomic mass is 19.4. The van der Waals surface area contributed by atoms with E-state index < -0.39 is 23.8 Å². The average Bonchev–Trinajstić information content (AvgIpc) is 2.61. The largest absolute Gasteiger partial charge is 0.478 e. The maximum Gasteiger partial charge on any atom is 0.430 e. The second-order valence-corrected chi connectivity index (χ2v) is 7.33. The van der Waals surface area contributed by atoms with Crippen molar-refractivity contribution in [3.8, 4) is 5.75 Å². The number of alkyl halides is 3. The van der Waals surface area contributed by atoms with Crippen molar-refractivity contribution in [1.29, 1.82) is 0 Å². The van der Waals surface area contributed by atoms with Gasteiger partial charge in [-0.15, -0.1) is 0 Å². The molecule has 160 valence electrons. The fourth-order valence-electron chi connectivity index (χ4n) is 2.62. The molecule has 0 saturated carbocycles. The first-order valence-electron chi connectivity index (χ1n) is 9.69. The van der Waals surface area contributed by atoms with E-state index in [-0.39, 0.29) is 17.1 Å². The summed E-state index contributed by atoms with van der Waals surface area (Å²) in [5.41, 5.74) is 0.920. The summed E-state index contributed by atoms with van der Waals surface area (Å²) in [6.07, 6.45) is -6.17. The van der Waals surface area contributed by atoms with Gasteiger partial charge in [0.05, 0.1) is 5.57 Å². The van der Waals surface area contributed by atoms with Crippen molar-refractivity contribution in [3.63, 3.8) is 0 Å².